The highest BCUT2D eigenvalue weighted by Gasteiger charge is 2.24. The number of furan rings is 1. The summed E-state index contributed by atoms with van der Waals surface area (Å²) in [5, 5.41) is 0.635. The second-order valence-electron chi connectivity index (χ2n) is 7.89. The summed E-state index contributed by atoms with van der Waals surface area (Å²) in [6, 6.07) is 16.6. The first-order chi connectivity index (χ1) is 15.9. The van der Waals surface area contributed by atoms with Crippen LogP contribution in [-0.2, 0) is 4.74 Å². The molecule has 170 valence electrons. The van der Waals surface area contributed by atoms with E-state index in [0.29, 0.717) is 45.1 Å². The van der Waals surface area contributed by atoms with E-state index in [1.165, 1.54) is 12.1 Å². The minimum absolute atomic E-state index is 0.00721. The van der Waals surface area contributed by atoms with E-state index < -0.39 is 5.97 Å². The van der Waals surface area contributed by atoms with Crippen molar-refractivity contribution in [3.8, 4) is 28.6 Å². The van der Waals surface area contributed by atoms with Crippen LogP contribution in [0, 0.1) is 12.7 Å². The Morgan fingerprint density at radius 2 is 1.64 bits per heavy atom. The fourth-order valence-electron chi connectivity index (χ4n) is 3.53. The molecule has 0 amide bonds. The number of esters is 1. The summed E-state index contributed by atoms with van der Waals surface area (Å²) in [4.78, 5) is 12.9. The van der Waals surface area contributed by atoms with Crippen LogP contribution in [0.1, 0.15) is 36.7 Å². The molecule has 0 bridgehead atoms. The van der Waals surface area contributed by atoms with Gasteiger partial charge in [0.15, 0.2) is 0 Å². The SMILES string of the molecule is CCOC(=O)c1c(-c2ccc(Oc3ccc(F)cc3)cc2)oc2cc(C)c(OC(C)C)cc12. The first kappa shape index (κ1) is 22.4. The third kappa shape index (κ3) is 4.85. The van der Waals surface area contributed by atoms with Gasteiger partial charge in [0.25, 0.3) is 0 Å². The summed E-state index contributed by atoms with van der Waals surface area (Å²) in [6.45, 7) is 7.85. The number of fused-ring (bicyclic) bond motifs is 1. The predicted octanol–water partition coefficient (Wildman–Crippen LogP) is 7.30. The van der Waals surface area contributed by atoms with Crippen LogP contribution in [-0.4, -0.2) is 18.7 Å². The average Bonchev–Trinajstić information content (AvgIpc) is 3.14. The largest absolute Gasteiger partial charge is 0.491 e. The third-order valence-corrected chi connectivity index (χ3v) is 4.99. The molecule has 0 aliphatic carbocycles. The minimum Gasteiger partial charge on any atom is -0.491 e. The number of aryl methyl sites for hydroxylation is 1. The molecule has 0 saturated carbocycles. The number of carbonyl (C=O) groups excluding carboxylic acids is 1. The molecule has 33 heavy (non-hydrogen) atoms. The molecule has 0 atom stereocenters. The summed E-state index contributed by atoms with van der Waals surface area (Å²) < 4.78 is 36.2. The highest BCUT2D eigenvalue weighted by molar-refractivity contribution is 6.09. The number of carbonyl (C=O) groups is 1. The lowest BCUT2D eigenvalue weighted by Crippen LogP contribution is -2.07. The molecule has 1 aromatic heterocycles. The predicted molar refractivity (Wildman–Crippen MR) is 125 cm³/mol. The van der Waals surface area contributed by atoms with Gasteiger partial charge >= 0.3 is 5.97 Å². The number of benzene rings is 3. The van der Waals surface area contributed by atoms with Crippen molar-refractivity contribution in [2.45, 2.75) is 33.8 Å². The summed E-state index contributed by atoms with van der Waals surface area (Å²) >= 11 is 0. The van der Waals surface area contributed by atoms with Gasteiger partial charge in [0, 0.05) is 10.9 Å². The topological polar surface area (TPSA) is 57.9 Å². The van der Waals surface area contributed by atoms with Gasteiger partial charge in [-0.15, -0.1) is 0 Å². The number of rotatable bonds is 7. The molecule has 0 spiro atoms. The number of ether oxygens (including phenoxy) is 3. The highest BCUT2D eigenvalue weighted by atomic mass is 19.1. The minimum atomic E-state index is -0.461. The van der Waals surface area contributed by atoms with E-state index in [1.807, 2.05) is 32.9 Å². The van der Waals surface area contributed by atoms with Crippen molar-refractivity contribution in [2.75, 3.05) is 6.61 Å². The van der Waals surface area contributed by atoms with Gasteiger partial charge in [-0.3, -0.25) is 0 Å². The quantitative estimate of drug-likeness (QED) is 0.278. The lowest BCUT2D eigenvalue weighted by molar-refractivity contribution is 0.0528. The molecule has 4 rings (SSSR count). The molecule has 5 nitrogen and oxygen atoms in total. The number of hydrogen-bond acceptors (Lipinski definition) is 5. The summed E-state index contributed by atoms with van der Waals surface area (Å²) in [7, 11) is 0. The number of halogens is 1. The maximum Gasteiger partial charge on any atom is 0.342 e. The second kappa shape index (κ2) is 9.36. The monoisotopic (exact) mass is 448 g/mol. The molecule has 4 aromatic rings. The Morgan fingerprint density at radius 1 is 1.00 bits per heavy atom. The fourth-order valence-corrected chi connectivity index (χ4v) is 3.53. The van der Waals surface area contributed by atoms with Crippen molar-refractivity contribution < 1.29 is 27.8 Å². The van der Waals surface area contributed by atoms with Gasteiger partial charge < -0.3 is 18.6 Å². The van der Waals surface area contributed by atoms with E-state index in [1.54, 1.807) is 43.3 Å². The van der Waals surface area contributed by atoms with Crippen molar-refractivity contribution in [2.24, 2.45) is 0 Å². The molecule has 0 aliphatic heterocycles. The fraction of sp³-hybridized carbons (Fsp3) is 0.222. The van der Waals surface area contributed by atoms with E-state index in [0.717, 1.165) is 5.56 Å². The van der Waals surface area contributed by atoms with Gasteiger partial charge in [0.05, 0.1) is 12.7 Å². The molecule has 0 aliphatic rings. The van der Waals surface area contributed by atoms with Crippen LogP contribution in [0.3, 0.4) is 0 Å². The molecule has 0 radical (unpaired) electrons. The zero-order valence-corrected chi connectivity index (χ0v) is 19.0. The maximum atomic E-state index is 13.1. The smallest absolute Gasteiger partial charge is 0.342 e. The van der Waals surface area contributed by atoms with Crippen LogP contribution in [0.2, 0.25) is 0 Å². The zero-order valence-electron chi connectivity index (χ0n) is 19.0. The first-order valence-corrected chi connectivity index (χ1v) is 10.8. The van der Waals surface area contributed by atoms with E-state index in [2.05, 4.69) is 0 Å². The Morgan fingerprint density at radius 3 is 2.24 bits per heavy atom. The number of hydrogen-bond donors (Lipinski definition) is 0. The molecule has 0 saturated heterocycles. The zero-order chi connectivity index (χ0) is 23.5. The first-order valence-electron chi connectivity index (χ1n) is 10.8. The van der Waals surface area contributed by atoms with Crippen LogP contribution in [0.4, 0.5) is 4.39 Å². The lowest BCUT2D eigenvalue weighted by Gasteiger charge is -2.12. The Labute approximate surface area is 191 Å². The molecule has 0 fully saturated rings. The summed E-state index contributed by atoms with van der Waals surface area (Å²) in [6.07, 6.45) is -0.00721. The molecule has 1 heterocycles. The highest BCUT2D eigenvalue weighted by Crippen LogP contribution is 2.38. The maximum absolute atomic E-state index is 13.1. The molecular formula is C27H25FO5. The average molecular weight is 448 g/mol. The van der Waals surface area contributed by atoms with Crippen LogP contribution >= 0.6 is 0 Å². The van der Waals surface area contributed by atoms with Crippen molar-refractivity contribution >= 4 is 16.9 Å². The normalized spacial score (nSPS) is 11.1. The van der Waals surface area contributed by atoms with E-state index in [4.69, 9.17) is 18.6 Å². The van der Waals surface area contributed by atoms with E-state index in [9.17, 15) is 9.18 Å². The standard InChI is InChI=1S/C27H25FO5/c1-5-30-27(29)25-22-15-23(31-16(2)3)17(4)14-24(22)33-26(25)18-6-10-20(11-7-18)32-21-12-8-19(28)9-13-21/h6-16H,5H2,1-4H3. The van der Waals surface area contributed by atoms with Gasteiger partial charge in [-0.1, -0.05) is 0 Å². The lowest BCUT2D eigenvalue weighted by atomic mass is 10.0. The van der Waals surface area contributed by atoms with Gasteiger partial charge in [-0.25, -0.2) is 9.18 Å². The Balaban J connectivity index is 1.74. The van der Waals surface area contributed by atoms with Crippen LogP contribution in [0.25, 0.3) is 22.3 Å². The van der Waals surface area contributed by atoms with Crippen molar-refractivity contribution in [1.29, 1.82) is 0 Å². The van der Waals surface area contributed by atoms with Crippen molar-refractivity contribution in [3.63, 3.8) is 0 Å². The van der Waals surface area contributed by atoms with Gasteiger partial charge in [0.2, 0.25) is 0 Å². The van der Waals surface area contributed by atoms with E-state index in [-0.39, 0.29) is 18.5 Å². The van der Waals surface area contributed by atoms with Gasteiger partial charge in [-0.05, 0) is 93.9 Å². The van der Waals surface area contributed by atoms with E-state index >= 15 is 0 Å². The van der Waals surface area contributed by atoms with Crippen LogP contribution in [0.5, 0.6) is 17.2 Å². The molecular weight excluding hydrogens is 423 g/mol. The van der Waals surface area contributed by atoms with Crippen molar-refractivity contribution in [3.05, 3.63) is 77.6 Å². The third-order valence-electron chi connectivity index (χ3n) is 4.99. The molecule has 3 aromatic carbocycles. The second-order valence-corrected chi connectivity index (χ2v) is 7.89. The summed E-state index contributed by atoms with van der Waals surface area (Å²) in [5.74, 6) is 1.41. The Kier molecular flexibility index (Phi) is 6.36. The van der Waals surface area contributed by atoms with Crippen LogP contribution < -0.4 is 9.47 Å². The van der Waals surface area contributed by atoms with Gasteiger partial charge in [0.1, 0.15) is 40.0 Å². The molecule has 0 N–H and O–H groups in total. The summed E-state index contributed by atoms with van der Waals surface area (Å²) in [5.41, 5.74) is 2.54. The van der Waals surface area contributed by atoms with Crippen LogP contribution in [0.15, 0.2) is 65.1 Å². The Bertz CT molecular complexity index is 1270. The molecule has 0 unspecified atom stereocenters. The van der Waals surface area contributed by atoms with Crippen molar-refractivity contribution in [1.82, 2.24) is 0 Å². The Hall–Kier alpha value is -3.80. The van der Waals surface area contributed by atoms with Gasteiger partial charge in [-0.2, -0.15) is 0 Å². The molecule has 6 heteroatoms.